The van der Waals surface area contributed by atoms with Gasteiger partial charge in [0.15, 0.2) is 0 Å². The van der Waals surface area contributed by atoms with Crippen LogP contribution in [-0.4, -0.2) is 68.2 Å². The van der Waals surface area contributed by atoms with Gasteiger partial charge in [0.05, 0.1) is 27.4 Å². The molecule has 6 unspecified atom stereocenters. The lowest BCUT2D eigenvalue weighted by molar-refractivity contribution is -0.265. The lowest BCUT2D eigenvalue weighted by Crippen LogP contribution is -2.67. The summed E-state index contributed by atoms with van der Waals surface area (Å²) in [7, 11) is 0. The van der Waals surface area contributed by atoms with E-state index < -0.39 is 68.3 Å². The van der Waals surface area contributed by atoms with Crippen molar-refractivity contribution in [3.63, 3.8) is 0 Å². The zero-order valence-corrected chi connectivity index (χ0v) is 34.6. The van der Waals surface area contributed by atoms with Crippen LogP contribution in [0.3, 0.4) is 0 Å². The van der Waals surface area contributed by atoms with Gasteiger partial charge in [-0.25, -0.2) is 4.79 Å². The number of esters is 4. The van der Waals surface area contributed by atoms with Gasteiger partial charge in [0.25, 0.3) is 0 Å². The minimum absolute atomic E-state index is 0.0280. The van der Waals surface area contributed by atoms with Crippen LogP contribution in [0.2, 0.25) is 0 Å². The van der Waals surface area contributed by atoms with Crippen LogP contribution >= 0.6 is 0 Å². The lowest BCUT2D eigenvalue weighted by atomic mass is 9.45. The third-order valence-corrected chi connectivity index (χ3v) is 15.9. The molecule has 1 heterocycles. The average Bonchev–Trinajstić information content (AvgIpc) is 3.27. The van der Waals surface area contributed by atoms with Gasteiger partial charge in [0.1, 0.15) is 16.8 Å². The molecule has 1 saturated heterocycles. The van der Waals surface area contributed by atoms with Crippen LogP contribution in [0, 0.1) is 45.3 Å². The number of rotatable bonds is 13. The van der Waals surface area contributed by atoms with E-state index in [1.807, 2.05) is 13.8 Å². The molecule has 0 aromatic heterocycles. The summed E-state index contributed by atoms with van der Waals surface area (Å²) in [5, 5.41) is 23.0. The van der Waals surface area contributed by atoms with Gasteiger partial charge in [-0.3, -0.25) is 14.4 Å². The van der Waals surface area contributed by atoms with E-state index in [0.29, 0.717) is 49.9 Å². The van der Waals surface area contributed by atoms with Crippen LogP contribution in [0.15, 0.2) is 0 Å². The molecule has 10 heteroatoms. The summed E-state index contributed by atoms with van der Waals surface area (Å²) < 4.78 is 24.6. The molecule has 54 heavy (non-hydrogen) atoms. The number of aliphatic hydroxyl groups is 2. The topological polar surface area (TPSA) is 146 Å². The molecule has 0 radical (unpaired) electrons. The Morgan fingerprint density at radius 3 is 1.72 bits per heavy atom. The van der Waals surface area contributed by atoms with Crippen LogP contribution in [0.1, 0.15) is 171 Å². The Morgan fingerprint density at radius 2 is 1.26 bits per heavy atom. The molecule has 9 rings (SSSR count). The number of carbonyl (C=O) groups is 4. The number of cyclic esters (lactones) is 1. The standard InChI is InChI=1S/C44H68O10/c1-10-38(7,34(47)53-40(9,11-2)41-15-27-12-28(16-41)14-29(13-27)17-41)23-39(8,22-36(3,4)33(46)51-31-21-37(5,6)52-32(31)45)35(48)54-44-20-30-18-42(49,25-44)24-43(50,19-30)26-44/h27-31,49-50H,10-26H2,1-9H3. The molecule has 0 aromatic rings. The van der Waals surface area contributed by atoms with Crippen molar-refractivity contribution in [2.45, 2.75) is 206 Å². The van der Waals surface area contributed by atoms with E-state index in [9.17, 15) is 29.4 Å². The number of ether oxygens (including phenoxy) is 4. The quantitative estimate of drug-likeness (QED) is 0.143. The predicted molar refractivity (Wildman–Crippen MR) is 199 cm³/mol. The maximum absolute atomic E-state index is 15.0. The van der Waals surface area contributed by atoms with Gasteiger partial charge in [-0.15, -0.1) is 0 Å². The molecule has 6 atom stereocenters. The second-order valence-electron chi connectivity index (χ2n) is 22.2. The van der Waals surface area contributed by atoms with Crippen LogP contribution in [-0.2, 0) is 38.1 Å². The summed E-state index contributed by atoms with van der Waals surface area (Å²) in [6.45, 7) is 16.8. The molecule has 10 nitrogen and oxygen atoms in total. The first-order valence-electron chi connectivity index (χ1n) is 21.2. The molecule has 9 fully saturated rings. The molecular formula is C44H68O10. The van der Waals surface area contributed by atoms with E-state index in [1.54, 1.807) is 34.6 Å². The van der Waals surface area contributed by atoms with Gasteiger partial charge >= 0.3 is 23.9 Å². The van der Waals surface area contributed by atoms with Crippen molar-refractivity contribution in [2.75, 3.05) is 0 Å². The molecule has 9 aliphatic rings. The van der Waals surface area contributed by atoms with E-state index in [2.05, 4.69) is 13.8 Å². The molecular weight excluding hydrogens is 688 g/mol. The second-order valence-corrected chi connectivity index (χ2v) is 22.2. The molecule has 0 aromatic carbocycles. The first kappa shape index (κ1) is 40.0. The van der Waals surface area contributed by atoms with Gasteiger partial charge < -0.3 is 29.2 Å². The Hall–Kier alpha value is -2.20. The number of carbonyl (C=O) groups excluding carboxylic acids is 4. The zero-order chi connectivity index (χ0) is 39.5. The SMILES string of the molecule is CCC(C)(CC(C)(CC(C)(C)C(=O)OC1CC(C)(C)OC1=O)C(=O)OC12CC3CC(O)(CC(O)(C3)C1)C2)C(=O)OC(C)(CC)C12CC3CC(CC(C3)C1)C2. The largest absolute Gasteiger partial charge is 0.458 e. The highest BCUT2D eigenvalue weighted by atomic mass is 16.6. The lowest BCUT2D eigenvalue weighted by Gasteiger charge is -2.62. The highest BCUT2D eigenvalue weighted by molar-refractivity contribution is 5.85. The van der Waals surface area contributed by atoms with Crippen molar-refractivity contribution in [3.05, 3.63) is 0 Å². The van der Waals surface area contributed by atoms with Crippen LogP contribution in [0.5, 0.6) is 0 Å². The molecule has 0 amide bonds. The summed E-state index contributed by atoms with van der Waals surface area (Å²) in [6, 6.07) is 0. The predicted octanol–water partition coefficient (Wildman–Crippen LogP) is 7.52. The van der Waals surface area contributed by atoms with Crippen molar-refractivity contribution in [1.82, 2.24) is 0 Å². The summed E-state index contributed by atoms with van der Waals surface area (Å²) >= 11 is 0. The van der Waals surface area contributed by atoms with Gasteiger partial charge in [-0.1, -0.05) is 13.8 Å². The Labute approximate surface area is 322 Å². The van der Waals surface area contributed by atoms with Gasteiger partial charge in [-0.2, -0.15) is 0 Å². The Balaban J connectivity index is 1.17. The Bertz CT molecular complexity index is 1510. The smallest absolute Gasteiger partial charge is 0.348 e. The third kappa shape index (κ3) is 6.93. The van der Waals surface area contributed by atoms with Crippen molar-refractivity contribution >= 4 is 23.9 Å². The zero-order valence-electron chi connectivity index (χ0n) is 34.6. The maximum atomic E-state index is 15.0. The van der Waals surface area contributed by atoms with Crippen LogP contribution in [0.25, 0.3) is 0 Å². The summed E-state index contributed by atoms with van der Waals surface area (Å²) in [5.41, 5.74) is -8.50. The normalized spacial score (nSPS) is 42.1. The molecule has 1 aliphatic heterocycles. The summed E-state index contributed by atoms with van der Waals surface area (Å²) in [6.07, 6.45) is 9.91. The molecule has 8 bridgehead atoms. The van der Waals surface area contributed by atoms with E-state index >= 15 is 0 Å². The average molecular weight is 757 g/mol. The van der Waals surface area contributed by atoms with Crippen LogP contribution in [0.4, 0.5) is 0 Å². The number of hydrogen-bond acceptors (Lipinski definition) is 10. The highest BCUT2D eigenvalue weighted by Crippen LogP contribution is 2.66. The van der Waals surface area contributed by atoms with Crippen molar-refractivity contribution in [3.8, 4) is 0 Å². The van der Waals surface area contributed by atoms with E-state index in [-0.39, 0.29) is 55.8 Å². The first-order valence-corrected chi connectivity index (χ1v) is 21.2. The van der Waals surface area contributed by atoms with Crippen molar-refractivity contribution in [2.24, 2.45) is 45.3 Å². The van der Waals surface area contributed by atoms with Crippen molar-refractivity contribution < 1.29 is 48.3 Å². The monoisotopic (exact) mass is 756 g/mol. The fraction of sp³-hybridized carbons (Fsp3) is 0.909. The minimum Gasteiger partial charge on any atom is -0.458 e. The third-order valence-electron chi connectivity index (χ3n) is 15.9. The fourth-order valence-electron chi connectivity index (χ4n) is 14.1. The van der Waals surface area contributed by atoms with Gasteiger partial charge in [0, 0.05) is 31.1 Å². The fourth-order valence-corrected chi connectivity index (χ4v) is 14.1. The molecule has 2 N–H and O–H groups in total. The highest BCUT2D eigenvalue weighted by Gasteiger charge is 2.66. The van der Waals surface area contributed by atoms with E-state index in [0.717, 1.165) is 19.3 Å². The molecule has 304 valence electrons. The van der Waals surface area contributed by atoms with E-state index in [4.69, 9.17) is 18.9 Å². The molecule has 0 spiro atoms. The second kappa shape index (κ2) is 12.6. The van der Waals surface area contributed by atoms with Gasteiger partial charge in [-0.05, 0) is 156 Å². The van der Waals surface area contributed by atoms with E-state index in [1.165, 1.54) is 19.3 Å². The Kier molecular flexibility index (Phi) is 9.37. The molecule has 8 aliphatic carbocycles. The van der Waals surface area contributed by atoms with Crippen LogP contribution < -0.4 is 0 Å². The Morgan fingerprint density at radius 1 is 0.704 bits per heavy atom. The van der Waals surface area contributed by atoms with Crippen molar-refractivity contribution in [1.29, 1.82) is 0 Å². The maximum Gasteiger partial charge on any atom is 0.348 e. The summed E-state index contributed by atoms with van der Waals surface area (Å²) in [4.78, 5) is 56.3. The molecule has 8 saturated carbocycles. The number of hydrogen-bond donors (Lipinski definition) is 2. The minimum atomic E-state index is -1.39. The van der Waals surface area contributed by atoms with Gasteiger partial charge in [0.2, 0.25) is 6.10 Å². The summed E-state index contributed by atoms with van der Waals surface area (Å²) in [5.74, 6) is -0.0260. The first-order chi connectivity index (χ1) is 24.8.